The predicted octanol–water partition coefficient (Wildman–Crippen LogP) is 5.07. The number of benzene rings is 2. The highest BCUT2D eigenvalue weighted by molar-refractivity contribution is 7.13. The van der Waals surface area contributed by atoms with Crippen LogP contribution in [0.1, 0.15) is 31.2 Å². The molecule has 1 aliphatic heterocycles. The molecule has 0 spiro atoms. The number of rotatable bonds is 9. The maximum atomic E-state index is 12.7. The van der Waals surface area contributed by atoms with Crippen LogP contribution in [0.2, 0.25) is 0 Å². The van der Waals surface area contributed by atoms with Crippen LogP contribution in [-0.2, 0) is 4.79 Å². The van der Waals surface area contributed by atoms with Crippen molar-refractivity contribution < 1.29 is 14.3 Å². The van der Waals surface area contributed by atoms with Gasteiger partial charge in [-0.2, -0.15) is 4.37 Å². The molecule has 0 unspecified atom stereocenters. The molecule has 0 bridgehead atoms. The van der Waals surface area contributed by atoms with Gasteiger partial charge in [-0.3, -0.25) is 9.69 Å². The van der Waals surface area contributed by atoms with Gasteiger partial charge in [-0.25, -0.2) is 0 Å². The number of para-hydroxylation sites is 1. The number of carbonyl (C=O) groups is 1. The van der Waals surface area contributed by atoms with Gasteiger partial charge in [-0.15, -0.1) is 0 Å². The lowest BCUT2D eigenvalue weighted by molar-refractivity contribution is -0.116. The summed E-state index contributed by atoms with van der Waals surface area (Å²) in [7, 11) is 3.22. The van der Waals surface area contributed by atoms with Gasteiger partial charge in [0.2, 0.25) is 5.91 Å². The number of amides is 1. The summed E-state index contributed by atoms with van der Waals surface area (Å²) in [5.41, 5.74) is 0.822. The number of hydrogen-bond acceptors (Lipinski definition) is 7. The lowest BCUT2D eigenvalue weighted by atomic mass is 9.78. The zero-order valence-electron chi connectivity index (χ0n) is 22.4. The third-order valence-corrected chi connectivity index (χ3v) is 8.79. The number of ether oxygens (including phenoxy) is 2. The number of carbonyl (C=O) groups excluding carboxylic acids is 1. The van der Waals surface area contributed by atoms with Crippen molar-refractivity contribution in [1.82, 2.24) is 14.6 Å². The Morgan fingerprint density at radius 2 is 1.82 bits per heavy atom. The van der Waals surface area contributed by atoms with Crippen molar-refractivity contribution in [3.05, 3.63) is 54.1 Å². The second kappa shape index (κ2) is 12.6. The molecule has 38 heavy (non-hydrogen) atoms. The van der Waals surface area contributed by atoms with Crippen LogP contribution in [-0.4, -0.2) is 68.7 Å². The summed E-state index contributed by atoms with van der Waals surface area (Å²) in [6.07, 6.45) is 8.35. The Labute approximate surface area is 229 Å². The van der Waals surface area contributed by atoms with Crippen molar-refractivity contribution in [3.8, 4) is 11.5 Å². The minimum atomic E-state index is -0.0664. The number of aromatic nitrogens is 1. The second-order valence-electron chi connectivity index (χ2n) is 10.3. The lowest BCUT2D eigenvalue weighted by Gasteiger charge is -2.40. The molecule has 2 heterocycles. The Hall–Kier alpha value is -3.10. The van der Waals surface area contributed by atoms with Crippen LogP contribution in [0.5, 0.6) is 11.5 Å². The Kier molecular flexibility index (Phi) is 8.81. The Morgan fingerprint density at radius 1 is 1.03 bits per heavy atom. The standard InChI is InChI=1S/C30H38N4O3S/c1-36-26-12-7-10-22(29(26)37-2)14-15-28(35)31-20-23-8-3-4-9-24(23)21-33-16-18-34(19-17-33)30-25-11-5-6-13-27(25)38-32-30/h5-7,10-15,23-24H,3-4,8-9,16-21H2,1-2H3,(H,31,35)/b15-14+/t23-,24+/m0/s1. The fourth-order valence-corrected chi connectivity index (χ4v) is 6.66. The molecule has 1 saturated heterocycles. The van der Waals surface area contributed by atoms with E-state index in [0.717, 1.165) is 50.6 Å². The molecule has 1 N–H and O–H groups in total. The molecule has 8 heteroatoms. The van der Waals surface area contributed by atoms with Crippen LogP contribution in [0, 0.1) is 11.8 Å². The van der Waals surface area contributed by atoms with E-state index in [1.54, 1.807) is 37.9 Å². The third-order valence-electron chi connectivity index (χ3n) is 7.98. The summed E-state index contributed by atoms with van der Waals surface area (Å²) in [6, 6.07) is 14.2. The van der Waals surface area contributed by atoms with Gasteiger partial charge >= 0.3 is 0 Å². The summed E-state index contributed by atoms with van der Waals surface area (Å²) >= 11 is 1.59. The first-order valence-electron chi connectivity index (χ1n) is 13.6. The zero-order chi connectivity index (χ0) is 26.3. The van der Waals surface area contributed by atoms with Gasteiger partial charge in [0, 0.05) is 56.3 Å². The summed E-state index contributed by atoms with van der Waals surface area (Å²) in [5.74, 6) is 3.51. The van der Waals surface area contributed by atoms with E-state index in [1.807, 2.05) is 18.2 Å². The van der Waals surface area contributed by atoms with Crippen molar-refractivity contribution in [2.24, 2.45) is 11.8 Å². The van der Waals surface area contributed by atoms with Crippen molar-refractivity contribution in [3.63, 3.8) is 0 Å². The first kappa shape index (κ1) is 26.5. The minimum Gasteiger partial charge on any atom is -0.493 e. The molecular formula is C30H38N4O3S. The van der Waals surface area contributed by atoms with Crippen LogP contribution in [0.25, 0.3) is 16.2 Å². The maximum absolute atomic E-state index is 12.7. The molecule has 7 nitrogen and oxygen atoms in total. The molecule has 2 aromatic carbocycles. The van der Waals surface area contributed by atoms with Crippen LogP contribution in [0.3, 0.4) is 0 Å². The highest BCUT2D eigenvalue weighted by Gasteiger charge is 2.29. The van der Waals surface area contributed by atoms with Gasteiger partial charge in [0.15, 0.2) is 11.5 Å². The van der Waals surface area contributed by atoms with E-state index in [2.05, 4.69) is 39.4 Å². The van der Waals surface area contributed by atoms with E-state index in [9.17, 15) is 4.79 Å². The van der Waals surface area contributed by atoms with E-state index in [4.69, 9.17) is 13.8 Å². The van der Waals surface area contributed by atoms with E-state index in [1.165, 1.54) is 35.8 Å². The fourth-order valence-electron chi connectivity index (χ4n) is 5.87. The van der Waals surface area contributed by atoms with Crippen LogP contribution in [0.15, 0.2) is 48.5 Å². The molecule has 5 rings (SSSR count). The number of methoxy groups -OCH3 is 2. The molecule has 1 saturated carbocycles. The first-order valence-corrected chi connectivity index (χ1v) is 14.4. The van der Waals surface area contributed by atoms with Gasteiger partial charge in [0.1, 0.15) is 5.82 Å². The number of nitrogens with zero attached hydrogens (tertiary/aromatic N) is 3. The number of fused-ring (bicyclic) bond motifs is 1. The van der Waals surface area contributed by atoms with E-state index in [-0.39, 0.29) is 5.91 Å². The second-order valence-corrected chi connectivity index (χ2v) is 11.1. The van der Waals surface area contributed by atoms with Gasteiger partial charge in [-0.1, -0.05) is 37.1 Å². The molecule has 2 atom stereocenters. The zero-order valence-corrected chi connectivity index (χ0v) is 23.2. The number of hydrogen-bond donors (Lipinski definition) is 1. The average molecular weight is 535 g/mol. The quantitative estimate of drug-likeness (QED) is 0.387. The van der Waals surface area contributed by atoms with Crippen LogP contribution >= 0.6 is 11.5 Å². The number of anilines is 1. The molecule has 1 aromatic heterocycles. The summed E-state index contributed by atoms with van der Waals surface area (Å²) in [5, 5.41) is 4.44. The maximum Gasteiger partial charge on any atom is 0.244 e. The van der Waals surface area contributed by atoms with Gasteiger partial charge in [0.05, 0.1) is 18.9 Å². The number of nitrogens with one attached hydrogen (secondary N) is 1. The summed E-state index contributed by atoms with van der Waals surface area (Å²) in [6.45, 7) is 6.00. The van der Waals surface area contributed by atoms with Crippen LogP contribution in [0.4, 0.5) is 5.82 Å². The van der Waals surface area contributed by atoms with Crippen LogP contribution < -0.4 is 19.7 Å². The highest BCUT2D eigenvalue weighted by atomic mass is 32.1. The third kappa shape index (κ3) is 6.13. The summed E-state index contributed by atoms with van der Waals surface area (Å²) in [4.78, 5) is 17.7. The normalized spacial score (nSPS) is 20.6. The highest BCUT2D eigenvalue weighted by Crippen LogP contribution is 2.33. The summed E-state index contributed by atoms with van der Waals surface area (Å²) < 4.78 is 16.8. The Balaban J connectivity index is 1.12. The largest absolute Gasteiger partial charge is 0.493 e. The van der Waals surface area contributed by atoms with Gasteiger partial charge in [-0.05, 0) is 60.5 Å². The number of piperazine rings is 1. The predicted molar refractivity (Wildman–Crippen MR) is 155 cm³/mol. The SMILES string of the molecule is COc1cccc(/C=C/C(=O)NC[C@@H]2CCCC[C@@H]2CN2CCN(c3nsc4ccccc34)CC2)c1OC. The average Bonchev–Trinajstić information content (AvgIpc) is 3.40. The van der Waals surface area contributed by atoms with Crippen molar-refractivity contribution in [2.45, 2.75) is 25.7 Å². The fraction of sp³-hybridized carbons (Fsp3) is 0.467. The molecule has 1 aliphatic carbocycles. The molecular weight excluding hydrogens is 496 g/mol. The minimum absolute atomic E-state index is 0.0664. The topological polar surface area (TPSA) is 66.9 Å². The van der Waals surface area contributed by atoms with Crippen molar-refractivity contribution in [1.29, 1.82) is 0 Å². The van der Waals surface area contributed by atoms with Crippen molar-refractivity contribution >= 4 is 39.4 Å². The first-order chi connectivity index (χ1) is 18.7. The Morgan fingerprint density at radius 3 is 2.61 bits per heavy atom. The smallest absolute Gasteiger partial charge is 0.244 e. The lowest BCUT2D eigenvalue weighted by Crippen LogP contribution is -2.49. The monoisotopic (exact) mass is 534 g/mol. The molecule has 2 aliphatic rings. The van der Waals surface area contributed by atoms with Crippen molar-refractivity contribution in [2.75, 3.05) is 58.4 Å². The van der Waals surface area contributed by atoms with Gasteiger partial charge < -0.3 is 19.7 Å². The Bertz CT molecular complexity index is 1250. The van der Waals surface area contributed by atoms with E-state index >= 15 is 0 Å². The van der Waals surface area contributed by atoms with E-state index < -0.39 is 0 Å². The molecule has 202 valence electrons. The van der Waals surface area contributed by atoms with Gasteiger partial charge in [0.25, 0.3) is 0 Å². The molecule has 0 radical (unpaired) electrons. The molecule has 3 aromatic rings. The molecule has 1 amide bonds. The van der Waals surface area contributed by atoms with E-state index in [0.29, 0.717) is 23.3 Å². The molecule has 2 fully saturated rings.